The molecule has 0 aliphatic carbocycles. The van der Waals surface area contributed by atoms with Crippen molar-refractivity contribution in [2.24, 2.45) is 0 Å². The standard InChI is InChI=1S/C19H19ClN4O2/c20-15-4-5-17(23-7-9-26-10-8-23)14(11-15)12-21-19(25)16-13-24-6-2-1-3-18(24)22-16/h1-6,11,13H,7-10,12H2,(H,21,25). The molecule has 0 radical (unpaired) electrons. The number of carbonyl (C=O) groups is 1. The number of aromatic nitrogens is 2. The summed E-state index contributed by atoms with van der Waals surface area (Å²) >= 11 is 6.17. The fourth-order valence-electron chi connectivity index (χ4n) is 3.12. The van der Waals surface area contributed by atoms with Crippen LogP contribution in [0.1, 0.15) is 16.1 Å². The van der Waals surface area contributed by atoms with Gasteiger partial charge in [0.05, 0.1) is 13.2 Å². The summed E-state index contributed by atoms with van der Waals surface area (Å²) in [5, 5.41) is 3.60. The van der Waals surface area contributed by atoms with Gasteiger partial charge in [-0.3, -0.25) is 4.79 Å². The highest BCUT2D eigenvalue weighted by Gasteiger charge is 2.16. The Hall–Kier alpha value is -2.57. The summed E-state index contributed by atoms with van der Waals surface area (Å²) in [5.74, 6) is -0.207. The summed E-state index contributed by atoms with van der Waals surface area (Å²) in [6.45, 7) is 3.45. The lowest BCUT2D eigenvalue weighted by Crippen LogP contribution is -2.37. The third-order valence-corrected chi connectivity index (χ3v) is 4.66. The molecule has 0 spiro atoms. The van der Waals surface area contributed by atoms with Crippen LogP contribution in [0.3, 0.4) is 0 Å². The fourth-order valence-corrected chi connectivity index (χ4v) is 3.31. The van der Waals surface area contributed by atoms with Crippen LogP contribution in [-0.2, 0) is 11.3 Å². The van der Waals surface area contributed by atoms with Crippen LogP contribution < -0.4 is 10.2 Å². The second-order valence-corrected chi connectivity index (χ2v) is 6.58. The van der Waals surface area contributed by atoms with Crippen LogP contribution in [-0.4, -0.2) is 41.6 Å². The number of carbonyl (C=O) groups excluding carboxylic acids is 1. The SMILES string of the molecule is O=C(NCc1cc(Cl)ccc1N1CCOCC1)c1cn2ccccc2n1. The van der Waals surface area contributed by atoms with Crippen molar-refractivity contribution >= 4 is 28.8 Å². The smallest absolute Gasteiger partial charge is 0.271 e. The molecule has 2 aromatic heterocycles. The first-order chi connectivity index (χ1) is 12.7. The van der Waals surface area contributed by atoms with Crippen molar-refractivity contribution in [3.8, 4) is 0 Å². The van der Waals surface area contributed by atoms with E-state index < -0.39 is 0 Å². The van der Waals surface area contributed by atoms with E-state index in [1.54, 1.807) is 6.20 Å². The first-order valence-electron chi connectivity index (χ1n) is 8.54. The molecule has 1 aromatic carbocycles. The molecule has 0 unspecified atom stereocenters. The van der Waals surface area contributed by atoms with Crippen LogP contribution >= 0.6 is 11.6 Å². The van der Waals surface area contributed by atoms with Crippen molar-refractivity contribution in [3.63, 3.8) is 0 Å². The zero-order valence-electron chi connectivity index (χ0n) is 14.2. The summed E-state index contributed by atoms with van der Waals surface area (Å²) in [6, 6.07) is 11.4. The first-order valence-corrected chi connectivity index (χ1v) is 8.91. The molecule has 1 amide bonds. The molecule has 7 heteroatoms. The van der Waals surface area contributed by atoms with Gasteiger partial charge in [0.15, 0.2) is 0 Å². The number of nitrogens with zero attached hydrogens (tertiary/aromatic N) is 3. The van der Waals surface area contributed by atoms with Gasteiger partial charge in [0.25, 0.3) is 5.91 Å². The molecule has 1 fully saturated rings. The Labute approximate surface area is 156 Å². The number of pyridine rings is 1. The quantitative estimate of drug-likeness (QED) is 0.767. The van der Waals surface area contributed by atoms with E-state index in [-0.39, 0.29) is 5.91 Å². The van der Waals surface area contributed by atoms with Gasteiger partial charge in [0.1, 0.15) is 11.3 Å². The maximum absolute atomic E-state index is 12.5. The van der Waals surface area contributed by atoms with Crippen molar-refractivity contribution in [1.29, 1.82) is 0 Å². The second-order valence-electron chi connectivity index (χ2n) is 6.15. The van der Waals surface area contributed by atoms with Gasteiger partial charge in [-0.05, 0) is 35.9 Å². The number of morpholine rings is 1. The Balaban J connectivity index is 1.51. The van der Waals surface area contributed by atoms with Crippen LogP contribution in [0.15, 0.2) is 48.8 Å². The molecule has 26 heavy (non-hydrogen) atoms. The zero-order chi connectivity index (χ0) is 17.9. The van der Waals surface area contributed by atoms with Crippen LogP contribution in [0.4, 0.5) is 5.69 Å². The number of benzene rings is 1. The molecule has 1 aliphatic heterocycles. The Morgan fingerprint density at radius 2 is 2.08 bits per heavy atom. The van der Waals surface area contributed by atoms with E-state index in [9.17, 15) is 4.79 Å². The molecule has 0 atom stereocenters. The highest BCUT2D eigenvalue weighted by Crippen LogP contribution is 2.25. The molecule has 1 aliphatic rings. The van der Waals surface area contributed by atoms with E-state index >= 15 is 0 Å². The number of ether oxygens (including phenoxy) is 1. The van der Waals surface area contributed by atoms with Crippen LogP contribution in [0, 0.1) is 0 Å². The van der Waals surface area contributed by atoms with E-state index in [2.05, 4.69) is 15.2 Å². The maximum Gasteiger partial charge on any atom is 0.271 e. The molecular weight excluding hydrogens is 352 g/mol. The lowest BCUT2D eigenvalue weighted by molar-refractivity contribution is 0.0946. The number of hydrogen-bond acceptors (Lipinski definition) is 4. The van der Waals surface area contributed by atoms with E-state index in [0.29, 0.717) is 30.5 Å². The highest BCUT2D eigenvalue weighted by atomic mass is 35.5. The summed E-state index contributed by atoms with van der Waals surface area (Å²) in [6.07, 6.45) is 3.60. The highest BCUT2D eigenvalue weighted by molar-refractivity contribution is 6.30. The normalized spacial score (nSPS) is 14.6. The molecular formula is C19H19ClN4O2. The Bertz CT molecular complexity index is 901. The third kappa shape index (κ3) is 3.52. The first kappa shape index (κ1) is 16.9. The Morgan fingerprint density at radius 3 is 2.88 bits per heavy atom. The van der Waals surface area contributed by atoms with E-state index in [1.807, 2.05) is 47.0 Å². The number of fused-ring (bicyclic) bond motifs is 1. The summed E-state index contributed by atoms with van der Waals surface area (Å²) < 4.78 is 7.25. The van der Waals surface area contributed by atoms with Gasteiger partial charge in [-0.15, -0.1) is 0 Å². The van der Waals surface area contributed by atoms with Crippen molar-refractivity contribution in [3.05, 3.63) is 65.1 Å². The predicted molar refractivity (Wildman–Crippen MR) is 101 cm³/mol. The van der Waals surface area contributed by atoms with Gasteiger partial charge < -0.3 is 19.4 Å². The zero-order valence-corrected chi connectivity index (χ0v) is 14.9. The molecule has 3 aromatic rings. The van der Waals surface area contributed by atoms with Crippen molar-refractivity contribution in [1.82, 2.24) is 14.7 Å². The summed E-state index contributed by atoms with van der Waals surface area (Å²) in [4.78, 5) is 19.1. The van der Waals surface area contributed by atoms with Gasteiger partial charge >= 0.3 is 0 Å². The molecule has 3 heterocycles. The Kier molecular flexibility index (Phi) is 4.77. The summed E-state index contributed by atoms with van der Waals surface area (Å²) in [5.41, 5.74) is 3.20. The topological polar surface area (TPSA) is 58.9 Å². The minimum Gasteiger partial charge on any atom is -0.378 e. The molecule has 0 bridgehead atoms. The number of rotatable bonds is 4. The lowest BCUT2D eigenvalue weighted by atomic mass is 10.1. The monoisotopic (exact) mass is 370 g/mol. The second kappa shape index (κ2) is 7.35. The van der Waals surface area contributed by atoms with Gasteiger partial charge in [0.2, 0.25) is 0 Å². The number of anilines is 1. The van der Waals surface area contributed by atoms with Crippen LogP contribution in [0.5, 0.6) is 0 Å². The number of imidazole rings is 1. The minimum absolute atomic E-state index is 0.207. The van der Waals surface area contributed by atoms with Crippen molar-refractivity contribution in [2.45, 2.75) is 6.54 Å². The fraction of sp³-hybridized carbons (Fsp3) is 0.263. The van der Waals surface area contributed by atoms with Crippen LogP contribution in [0.25, 0.3) is 5.65 Å². The Morgan fingerprint density at radius 1 is 1.23 bits per heavy atom. The maximum atomic E-state index is 12.5. The lowest BCUT2D eigenvalue weighted by Gasteiger charge is -2.30. The number of amides is 1. The number of hydrogen-bond donors (Lipinski definition) is 1. The van der Waals surface area contributed by atoms with Crippen LogP contribution in [0.2, 0.25) is 5.02 Å². The molecule has 1 N–H and O–H groups in total. The molecule has 134 valence electrons. The van der Waals surface area contributed by atoms with Gasteiger partial charge in [-0.25, -0.2) is 4.98 Å². The number of nitrogens with one attached hydrogen (secondary N) is 1. The summed E-state index contributed by atoms with van der Waals surface area (Å²) in [7, 11) is 0. The average Bonchev–Trinajstić information content (AvgIpc) is 3.11. The predicted octanol–water partition coefficient (Wildman–Crippen LogP) is 2.75. The van der Waals surface area contributed by atoms with Gasteiger partial charge in [-0.1, -0.05) is 17.7 Å². The third-order valence-electron chi connectivity index (χ3n) is 4.43. The average molecular weight is 371 g/mol. The van der Waals surface area contributed by atoms with E-state index in [0.717, 1.165) is 30.0 Å². The molecule has 1 saturated heterocycles. The van der Waals surface area contributed by atoms with Crippen molar-refractivity contribution in [2.75, 3.05) is 31.2 Å². The molecule has 6 nitrogen and oxygen atoms in total. The van der Waals surface area contributed by atoms with Gasteiger partial charge in [-0.2, -0.15) is 0 Å². The van der Waals surface area contributed by atoms with Crippen molar-refractivity contribution < 1.29 is 9.53 Å². The van der Waals surface area contributed by atoms with E-state index in [1.165, 1.54) is 0 Å². The largest absolute Gasteiger partial charge is 0.378 e. The minimum atomic E-state index is -0.207. The number of halogens is 1. The molecule has 4 rings (SSSR count). The van der Waals surface area contributed by atoms with Gasteiger partial charge in [0, 0.05) is 42.7 Å². The van der Waals surface area contributed by atoms with E-state index in [4.69, 9.17) is 16.3 Å². The molecule has 0 saturated carbocycles.